The predicted octanol–water partition coefficient (Wildman–Crippen LogP) is 3.30. The first-order valence-electron chi connectivity index (χ1n) is 4.25. The summed E-state index contributed by atoms with van der Waals surface area (Å²) in [4.78, 5) is 0. The Balaban J connectivity index is 2.35. The molecule has 1 aliphatic rings. The summed E-state index contributed by atoms with van der Waals surface area (Å²) in [6.07, 6.45) is 3.31. The van der Waals surface area contributed by atoms with E-state index in [9.17, 15) is 0 Å². The van der Waals surface area contributed by atoms with E-state index in [0.717, 1.165) is 19.3 Å². The lowest BCUT2D eigenvalue weighted by Gasteiger charge is -2.17. The maximum atomic E-state index is 5.68. The van der Waals surface area contributed by atoms with Crippen LogP contribution in [0.15, 0.2) is 35.4 Å². The minimum Gasteiger partial charge on any atom is -0.0930 e. The molecule has 0 saturated carbocycles. The summed E-state index contributed by atoms with van der Waals surface area (Å²) < 4.78 is 0. The first kappa shape index (κ1) is 7.88. The molecule has 1 aliphatic carbocycles. The first-order valence-corrected chi connectivity index (χ1v) is 4.68. The van der Waals surface area contributed by atoms with Gasteiger partial charge in [0.25, 0.3) is 0 Å². The van der Waals surface area contributed by atoms with E-state index in [1.807, 2.05) is 0 Å². The molecular weight excluding hydrogens is 168 g/mol. The molecule has 12 heavy (non-hydrogen) atoms. The van der Waals surface area contributed by atoms with Gasteiger partial charge >= 0.3 is 0 Å². The maximum Gasteiger partial charge on any atom is 0.00379 e. The smallest absolute Gasteiger partial charge is 0.00379 e. The van der Waals surface area contributed by atoms with Crippen LogP contribution in [0.3, 0.4) is 0 Å². The molecule has 1 aromatic rings. The molecule has 0 aromatic heterocycles. The molecule has 1 aromatic carbocycles. The first-order chi connectivity index (χ1) is 5.90. The minimum atomic E-state index is 1.04. The molecule has 0 atom stereocenters. The Bertz CT molecular complexity index is 313. The second kappa shape index (κ2) is 3.32. The molecular formula is C11H11Cl. The van der Waals surface area contributed by atoms with Crippen molar-refractivity contribution in [2.24, 2.45) is 0 Å². The molecule has 0 unspecified atom stereocenters. The zero-order valence-electron chi connectivity index (χ0n) is 6.89. The van der Waals surface area contributed by atoms with Crippen molar-refractivity contribution in [1.29, 1.82) is 0 Å². The molecule has 2 rings (SSSR count). The van der Waals surface area contributed by atoms with E-state index >= 15 is 0 Å². The average molecular weight is 179 g/mol. The van der Waals surface area contributed by atoms with Gasteiger partial charge in [-0.1, -0.05) is 41.4 Å². The van der Waals surface area contributed by atoms with Crippen molar-refractivity contribution in [2.45, 2.75) is 19.3 Å². The van der Waals surface area contributed by atoms with Crippen LogP contribution in [0, 0.1) is 0 Å². The van der Waals surface area contributed by atoms with E-state index in [2.05, 4.69) is 24.3 Å². The van der Waals surface area contributed by atoms with Crippen LogP contribution < -0.4 is 0 Å². The van der Waals surface area contributed by atoms with Crippen LogP contribution in [0.25, 0.3) is 0 Å². The van der Waals surface area contributed by atoms with Crippen molar-refractivity contribution in [1.82, 2.24) is 0 Å². The minimum absolute atomic E-state index is 1.04. The molecule has 62 valence electrons. The van der Waals surface area contributed by atoms with Crippen LogP contribution >= 0.6 is 11.6 Å². The molecule has 0 radical (unpaired) electrons. The molecule has 0 bridgehead atoms. The van der Waals surface area contributed by atoms with Crippen LogP contribution in [0.4, 0.5) is 0 Å². The fourth-order valence-corrected chi connectivity index (χ4v) is 1.88. The Hall–Kier alpha value is -0.750. The summed E-state index contributed by atoms with van der Waals surface area (Å²) >= 11 is 5.68. The van der Waals surface area contributed by atoms with Crippen molar-refractivity contribution < 1.29 is 0 Å². The largest absolute Gasteiger partial charge is 0.0930 e. The highest BCUT2D eigenvalue weighted by Crippen LogP contribution is 2.24. The zero-order chi connectivity index (χ0) is 8.39. The van der Waals surface area contributed by atoms with Crippen molar-refractivity contribution in [3.63, 3.8) is 0 Å². The van der Waals surface area contributed by atoms with Gasteiger partial charge in [-0.05, 0) is 30.4 Å². The predicted molar refractivity (Wildman–Crippen MR) is 52.4 cm³/mol. The third kappa shape index (κ3) is 1.39. The number of rotatable bonds is 0. The van der Waals surface area contributed by atoms with Gasteiger partial charge in [0.1, 0.15) is 0 Å². The lowest BCUT2D eigenvalue weighted by Crippen LogP contribution is -2.04. The van der Waals surface area contributed by atoms with Crippen molar-refractivity contribution in [3.05, 3.63) is 46.5 Å². The van der Waals surface area contributed by atoms with Crippen molar-refractivity contribution in [2.75, 3.05) is 0 Å². The third-order valence-electron chi connectivity index (χ3n) is 2.41. The monoisotopic (exact) mass is 178 g/mol. The summed E-state index contributed by atoms with van der Waals surface area (Å²) in [7, 11) is 0. The third-order valence-corrected chi connectivity index (χ3v) is 2.71. The molecule has 1 heteroatoms. The highest BCUT2D eigenvalue weighted by Gasteiger charge is 2.10. The highest BCUT2D eigenvalue weighted by molar-refractivity contribution is 6.25. The SMILES string of the molecule is Cl/C=C1\CCc2ccccc2C1. The van der Waals surface area contributed by atoms with Gasteiger partial charge in [-0.25, -0.2) is 0 Å². The summed E-state index contributed by atoms with van der Waals surface area (Å²) in [6, 6.07) is 8.60. The Kier molecular flexibility index (Phi) is 2.18. The molecule has 0 heterocycles. The van der Waals surface area contributed by atoms with Crippen molar-refractivity contribution in [3.8, 4) is 0 Å². The lowest BCUT2D eigenvalue weighted by molar-refractivity contribution is 0.839. The quantitative estimate of drug-likeness (QED) is 0.572. The Morgan fingerprint density at radius 3 is 2.58 bits per heavy atom. The van der Waals surface area contributed by atoms with Crippen LogP contribution in [0.2, 0.25) is 0 Å². The average Bonchev–Trinajstić information content (AvgIpc) is 2.17. The number of benzene rings is 1. The Labute approximate surface area is 77.9 Å². The van der Waals surface area contributed by atoms with E-state index in [0.29, 0.717) is 0 Å². The standard InChI is InChI=1S/C11H11Cl/c12-8-9-5-6-10-3-1-2-4-11(10)7-9/h1-4,8H,5-7H2/b9-8+. The van der Waals surface area contributed by atoms with E-state index in [4.69, 9.17) is 11.6 Å². The number of allylic oxidation sites excluding steroid dienone is 1. The second-order valence-corrected chi connectivity index (χ2v) is 3.43. The van der Waals surface area contributed by atoms with Gasteiger partial charge in [-0.2, -0.15) is 0 Å². The Morgan fingerprint density at radius 1 is 1.08 bits per heavy atom. The normalized spacial score (nSPS) is 19.2. The van der Waals surface area contributed by atoms with Gasteiger partial charge in [0.15, 0.2) is 0 Å². The van der Waals surface area contributed by atoms with Gasteiger partial charge in [-0.15, -0.1) is 0 Å². The summed E-state index contributed by atoms with van der Waals surface area (Å²) in [5.74, 6) is 0. The van der Waals surface area contributed by atoms with Crippen LogP contribution in [-0.2, 0) is 12.8 Å². The molecule has 0 spiro atoms. The van der Waals surface area contributed by atoms with Crippen LogP contribution in [-0.4, -0.2) is 0 Å². The fourth-order valence-electron chi connectivity index (χ4n) is 1.70. The molecule has 0 nitrogen and oxygen atoms in total. The van der Waals surface area contributed by atoms with E-state index in [1.54, 1.807) is 5.54 Å². The zero-order valence-corrected chi connectivity index (χ0v) is 7.64. The molecule has 0 aliphatic heterocycles. The lowest BCUT2D eigenvalue weighted by atomic mass is 9.89. The maximum absolute atomic E-state index is 5.68. The Morgan fingerprint density at radius 2 is 1.83 bits per heavy atom. The van der Waals surface area contributed by atoms with Crippen LogP contribution in [0.5, 0.6) is 0 Å². The second-order valence-electron chi connectivity index (χ2n) is 3.21. The topological polar surface area (TPSA) is 0 Å². The molecule has 0 saturated heterocycles. The number of fused-ring (bicyclic) bond motifs is 1. The summed E-state index contributed by atoms with van der Waals surface area (Å²) in [5.41, 5.74) is 6.02. The van der Waals surface area contributed by atoms with Gasteiger partial charge in [0.05, 0.1) is 0 Å². The van der Waals surface area contributed by atoms with Crippen LogP contribution in [0.1, 0.15) is 17.5 Å². The van der Waals surface area contributed by atoms with Gasteiger partial charge < -0.3 is 0 Å². The van der Waals surface area contributed by atoms with Gasteiger partial charge in [0, 0.05) is 5.54 Å². The molecule has 0 fully saturated rings. The highest BCUT2D eigenvalue weighted by atomic mass is 35.5. The summed E-state index contributed by atoms with van der Waals surface area (Å²) in [5, 5.41) is 0. The molecule has 0 N–H and O–H groups in total. The summed E-state index contributed by atoms with van der Waals surface area (Å²) in [6.45, 7) is 0. The van der Waals surface area contributed by atoms with Gasteiger partial charge in [0.2, 0.25) is 0 Å². The van der Waals surface area contributed by atoms with E-state index in [1.165, 1.54) is 16.7 Å². The van der Waals surface area contributed by atoms with E-state index < -0.39 is 0 Å². The number of hydrogen-bond donors (Lipinski definition) is 0. The van der Waals surface area contributed by atoms with Crippen molar-refractivity contribution >= 4 is 11.6 Å². The van der Waals surface area contributed by atoms with E-state index in [-0.39, 0.29) is 0 Å². The number of aryl methyl sites for hydroxylation is 1. The molecule has 0 amide bonds. The number of hydrogen-bond acceptors (Lipinski definition) is 0. The number of halogens is 1. The van der Waals surface area contributed by atoms with Gasteiger partial charge in [-0.3, -0.25) is 0 Å². The fraction of sp³-hybridized carbons (Fsp3) is 0.273.